The molecule has 0 aliphatic rings. The summed E-state index contributed by atoms with van der Waals surface area (Å²) in [7, 11) is 0. The van der Waals surface area contributed by atoms with Crippen LogP contribution in [0.15, 0.2) is 12.1 Å². The summed E-state index contributed by atoms with van der Waals surface area (Å²) in [5.74, 6) is 0. The Labute approximate surface area is 113 Å². The summed E-state index contributed by atoms with van der Waals surface area (Å²) in [5.41, 5.74) is 5.94. The fourth-order valence-electron chi connectivity index (χ4n) is 2.51. The monoisotopic (exact) mass is 247 g/mol. The lowest BCUT2D eigenvalue weighted by atomic mass is 9.76. The van der Waals surface area contributed by atoms with Gasteiger partial charge in [-0.25, -0.2) is 0 Å². The summed E-state index contributed by atoms with van der Waals surface area (Å²) in [5, 5.41) is 3.68. The summed E-state index contributed by atoms with van der Waals surface area (Å²) in [6, 6.07) is 5.13. The Morgan fingerprint density at radius 2 is 1.56 bits per heavy atom. The summed E-state index contributed by atoms with van der Waals surface area (Å²) in [6.45, 7) is 16.8. The molecule has 18 heavy (non-hydrogen) atoms. The van der Waals surface area contributed by atoms with Crippen molar-refractivity contribution in [2.24, 2.45) is 5.41 Å². The molecule has 1 aromatic carbocycles. The first-order valence-electron chi connectivity index (χ1n) is 7.14. The van der Waals surface area contributed by atoms with E-state index in [-0.39, 0.29) is 5.41 Å². The molecule has 0 fully saturated rings. The fourth-order valence-corrected chi connectivity index (χ4v) is 2.51. The van der Waals surface area contributed by atoms with Gasteiger partial charge in [0.1, 0.15) is 0 Å². The summed E-state index contributed by atoms with van der Waals surface area (Å²) in [6.07, 6.45) is 1.18. The predicted octanol–water partition coefficient (Wildman–Crippen LogP) is 4.70. The van der Waals surface area contributed by atoms with Gasteiger partial charge < -0.3 is 5.32 Å². The first-order valence-corrected chi connectivity index (χ1v) is 7.14. The minimum atomic E-state index is 0.280. The van der Waals surface area contributed by atoms with Crippen LogP contribution in [-0.4, -0.2) is 6.54 Å². The van der Waals surface area contributed by atoms with Gasteiger partial charge in [-0.05, 0) is 61.4 Å². The van der Waals surface area contributed by atoms with E-state index in [1.54, 1.807) is 0 Å². The second kappa shape index (κ2) is 5.88. The van der Waals surface area contributed by atoms with E-state index >= 15 is 0 Å². The third-order valence-electron chi connectivity index (χ3n) is 4.29. The second-order valence-electron chi connectivity index (χ2n) is 6.13. The highest BCUT2D eigenvalue weighted by Crippen LogP contribution is 2.38. The Morgan fingerprint density at radius 3 is 2.06 bits per heavy atom. The van der Waals surface area contributed by atoms with Crippen molar-refractivity contribution in [2.75, 3.05) is 6.54 Å². The average molecular weight is 247 g/mol. The normalized spacial score (nSPS) is 13.7. The molecule has 1 N–H and O–H groups in total. The van der Waals surface area contributed by atoms with Gasteiger partial charge >= 0.3 is 0 Å². The van der Waals surface area contributed by atoms with E-state index in [1.807, 2.05) is 0 Å². The Balaban J connectivity index is 3.26. The third kappa shape index (κ3) is 3.14. The van der Waals surface area contributed by atoms with Crippen molar-refractivity contribution in [1.82, 2.24) is 5.32 Å². The second-order valence-corrected chi connectivity index (χ2v) is 6.13. The molecule has 1 aromatic rings. The molecule has 1 atom stereocenters. The molecule has 0 aliphatic heterocycles. The minimum absolute atomic E-state index is 0.280. The van der Waals surface area contributed by atoms with Gasteiger partial charge in [-0.2, -0.15) is 0 Å². The van der Waals surface area contributed by atoms with Crippen molar-refractivity contribution in [3.63, 3.8) is 0 Å². The molecular weight excluding hydrogens is 218 g/mol. The molecule has 0 heterocycles. The van der Waals surface area contributed by atoms with E-state index in [4.69, 9.17) is 0 Å². The maximum Gasteiger partial charge on any atom is 0.0374 e. The summed E-state index contributed by atoms with van der Waals surface area (Å²) in [4.78, 5) is 0. The highest BCUT2D eigenvalue weighted by atomic mass is 14.9. The van der Waals surface area contributed by atoms with Crippen molar-refractivity contribution in [2.45, 2.75) is 60.9 Å². The summed E-state index contributed by atoms with van der Waals surface area (Å²) < 4.78 is 0. The Morgan fingerprint density at radius 1 is 1.00 bits per heavy atom. The van der Waals surface area contributed by atoms with Gasteiger partial charge in [0.25, 0.3) is 0 Å². The fraction of sp³-hybridized carbons (Fsp3) is 0.647. The van der Waals surface area contributed by atoms with Crippen molar-refractivity contribution in [1.29, 1.82) is 0 Å². The molecular formula is C17H29N. The van der Waals surface area contributed by atoms with Crippen LogP contribution < -0.4 is 5.32 Å². The van der Waals surface area contributed by atoms with Crippen LogP contribution in [0.1, 0.15) is 62.4 Å². The number of rotatable bonds is 5. The van der Waals surface area contributed by atoms with Crippen LogP contribution in [-0.2, 0) is 0 Å². The van der Waals surface area contributed by atoms with Crippen LogP contribution in [0.4, 0.5) is 0 Å². The van der Waals surface area contributed by atoms with Crippen LogP contribution in [0.5, 0.6) is 0 Å². The Kier molecular flexibility index (Phi) is 4.98. The van der Waals surface area contributed by atoms with Gasteiger partial charge in [0.15, 0.2) is 0 Å². The maximum atomic E-state index is 3.68. The van der Waals surface area contributed by atoms with Crippen LogP contribution in [0.2, 0.25) is 0 Å². The van der Waals surface area contributed by atoms with E-state index in [1.165, 1.54) is 28.7 Å². The van der Waals surface area contributed by atoms with E-state index in [0.29, 0.717) is 6.04 Å². The average Bonchev–Trinajstić information content (AvgIpc) is 2.31. The lowest BCUT2D eigenvalue weighted by Crippen LogP contribution is -2.34. The van der Waals surface area contributed by atoms with E-state index in [9.17, 15) is 0 Å². The SMILES string of the molecule is CCNC(c1cc(C)c(C)cc1C)C(C)(C)CC. The number of benzene rings is 1. The number of aryl methyl sites for hydroxylation is 3. The molecule has 1 heteroatoms. The van der Waals surface area contributed by atoms with Crippen LogP contribution in [0, 0.1) is 26.2 Å². The zero-order valence-electron chi connectivity index (χ0n) is 13.1. The van der Waals surface area contributed by atoms with Gasteiger partial charge in [-0.3, -0.25) is 0 Å². The van der Waals surface area contributed by atoms with Crippen LogP contribution in [0.3, 0.4) is 0 Å². The lowest BCUT2D eigenvalue weighted by Gasteiger charge is -2.36. The standard InChI is InChI=1S/C17H29N/c1-8-17(6,7)16(18-9-2)15-11-13(4)12(3)10-14(15)5/h10-11,16,18H,8-9H2,1-7H3. The topological polar surface area (TPSA) is 12.0 Å². The molecule has 1 unspecified atom stereocenters. The first kappa shape index (κ1) is 15.2. The molecule has 102 valence electrons. The van der Waals surface area contributed by atoms with Crippen molar-refractivity contribution < 1.29 is 0 Å². The quantitative estimate of drug-likeness (QED) is 0.795. The van der Waals surface area contributed by atoms with Crippen molar-refractivity contribution in [3.05, 3.63) is 34.4 Å². The maximum absolute atomic E-state index is 3.68. The highest BCUT2D eigenvalue weighted by molar-refractivity contribution is 5.39. The molecule has 1 rings (SSSR count). The van der Waals surface area contributed by atoms with Crippen LogP contribution >= 0.6 is 0 Å². The lowest BCUT2D eigenvalue weighted by molar-refractivity contribution is 0.236. The first-order chi connectivity index (χ1) is 8.33. The summed E-state index contributed by atoms with van der Waals surface area (Å²) >= 11 is 0. The molecule has 0 saturated carbocycles. The molecule has 0 saturated heterocycles. The third-order valence-corrected chi connectivity index (χ3v) is 4.29. The van der Waals surface area contributed by atoms with E-state index < -0.39 is 0 Å². The van der Waals surface area contributed by atoms with Gasteiger partial charge in [-0.15, -0.1) is 0 Å². The smallest absolute Gasteiger partial charge is 0.0374 e. The van der Waals surface area contributed by atoms with Crippen molar-refractivity contribution in [3.8, 4) is 0 Å². The molecule has 0 bridgehead atoms. The molecule has 0 amide bonds. The molecule has 1 nitrogen and oxygen atoms in total. The van der Waals surface area contributed by atoms with E-state index in [2.05, 4.69) is 65.9 Å². The molecule has 0 spiro atoms. The minimum Gasteiger partial charge on any atom is -0.310 e. The Hall–Kier alpha value is -0.820. The predicted molar refractivity (Wildman–Crippen MR) is 81.1 cm³/mol. The number of nitrogens with one attached hydrogen (secondary N) is 1. The largest absolute Gasteiger partial charge is 0.310 e. The number of hydrogen-bond acceptors (Lipinski definition) is 1. The zero-order valence-corrected chi connectivity index (χ0v) is 13.1. The zero-order chi connectivity index (χ0) is 13.9. The molecule has 0 aromatic heterocycles. The highest BCUT2D eigenvalue weighted by Gasteiger charge is 2.29. The van der Waals surface area contributed by atoms with Gasteiger partial charge in [-0.1, -0.05) is 39.8 Å². The van der Waals surface area contributed by atoms with Crippen LogP contribution in [0.25, 0.3) is 0 Å². The molecule has 0 aliphatic carbocycles. The van der Waals surface area contributed by atoms with Gasteiger partial charge in [0.05, 0.1) is 0 Å². The van der Waals surface area contributed by atoms with Gasteiger partial charge in [0.2, 0.25) is 0 Å². The molecule has 0 radical (unpaired) electrons. The number of hydrogen-bond donors (Lipinski definition) is 1. The Bertz CT molecular complexity index is 404. The van der Waals surface area contributed by atoms with Gasteiger partial charge in [0, 0.05) is 6.04 Å². The van der Waals surface area contributed by atoms with E-state index in [0.717, 1.165) is 6.54 Å². The van der Waals surface area contributed by atoms with Crippen molar-refractivity contribution >= 4 is 0 Å².